The lowest BCUT2D eigenvalue weighted by atomic mass is 9.99. The van der Waals surface area contributed by atoms with Crippen LogP contribution >= 0.6 is 11.6 Å². The van der Waals surface area contributed by atoms with Gasteiger partial charge >= 0.3 is 0 Å². The quantitative estimate of drug-likeness (QED) is 0.471. The van der Waals surface area contributed by atoms with E-state index in [-0.39, 0.29) is 36.1 Å². The molecule has 2 amide bonds. The summed E-state index contributed by atoms with van der Waals surface area (Å²) in [6.45, 7) is 4.89. The normalized spacial score (nSPS) is 20.3. The Morgan fingerprint density at radius 3 is 2.55 bits per heavy atom. The van der Waals surface area contributed by atoms with Gasteiger partial charge in [-0.05, 0) is 42.8 Å². The van der Waals surface area contributed by atoms with Crippen LogP contribution in [-0.2, 0) is 16.0 Å². The molecule has 0 spiro atoms. The molecule has 2 bridgehead atoms. The zero-order valence-corrected chi connectivity index (χ0v) is 23.3. The summed E-state index contributed by atoms with van der Waals surface area (Å²) in [7, 11) is 0. The van der Waals surface area contributed by atoms with Gasteiger partial charge in [0, 0.05) is 79.4 Å². The molecule has 3 aliphatic rings. The van der Waals surface area contributed by atoms with Gasteiger partial charge in [0.15, 0.2) is 0 Å². The zero-order chi connectivity index (χ0) is 28.1. The van der Waals surface area contributed by atoms with Crippen molar-refractivity contribution in [3.8, 4) is 0 Å². The third kappa shape index (κ3) is 6.80. The fourth-order valence-electron chi connectivity index (χ4n) is 5.49. The molecule has 0 aromatic heterocycles. The van der Waals surface area contributed by atoms with Crippen LogP contribution in [0.2, 0.25) is 5.02 Å². The molecule has 3 atom stereocenters. The van der Waals surface area contributed by atoms with E-state index in [0.29, 0.717) is 49.7 Å². The third-order valence-electron chi connectivity index (χ3n) is 7.81. The number of hydrogen-bond donors (Lipinski definition) is 2. The highest BCUT2D eigenvalue weighted by atomic mass is 35.5. The van der Waals surface area contributed by atoms with Crippen LogP contribution in [0, 0.1) is 5.82 Å². The molecule has 1 fully saturated rings. The van der Waals surface area contributed by atoms with Crippen LogP contribution in [0.1, 0.15) is 30.5 Å². The van der Waals surface area contributed by atoms with Crippen molar-refractivity contribution in [3.63, 3.8) is 0 Å². The van der Waals surface area contributed by atoms with Gasteiger partial charge in [0.2, 0.25) is 11.8 Å². The molecule has 2 aromatic carbocycles. The van der Waals surface area contributed by atoms with Crippen molar-refractivity contribution in [2.75, 3.05) is 32.7 Å². The van der Waals surface area contributed by atoms with Crippen molar-refractivity contribution in [1.82, 2.24) is 20.4 Å². The molecule has 0 saturated carbocycles. The third-order valence-corrected chi connectivity index (χ3v) is 8.06. The van der Waals surface area contributed by atoms with E-state index < -0.39 is 6.04 Å². The van der Waals surface area contributed by atoms with E-state index in [1.54, 1.807) is 18.2 Å². The molecule has 3 unspecified atom stereocenters. The van der Waals surface area contributed by atoms with Crippen LogP contribution in [0.25, 0.3) is 0 Å². The monoisotopic (exact) mass is 560 g/mol. The maximum atomic E-state index is 14.4. The summed E-state index contributed by atoms with van der Waals surface area (Å²) in [4.78, 5) is 31.0. The number of halogens is 2. The highest BCUT2D eigenvalue weighted by molar-refractivity contribution is 6.30. The summed E-state index contributed by atoms with van der Waals surface area (Å²) in [6.07, 6.45) is 8.46. The predicted molar refractivity (Wildman–Crippen MR) is 155 cm³/mol. The number of nitrogens with one attached hydrogen (secondary N) is 2. The highest BCUT2D eigenvalue weighted by Gasteiger charge is 2.31. The maximum absolute atomic E-state index is 14.4. The largest absolute Gasteiger partial charge is 0.344 e. The lowest BCUT2D eigenvalue weighted by Crippen LogP contribution is -2.56. The van der Waals surface area contributed by atoms with Gasteiger partial charge in [-0.15, -0.1) is 5.73 Å². The highest BCUT2D eigenvalue weighted by Crippen LogP contribution is 2.24. The van der Waals surface area contributed by atoms with Crippen LogP contribution in [0.4, 0.5) is 4.39 Å². The van der Waals surface area contributed by atoms with Crippen LogP contribution in [0.15, 0.2) is 89.7 Å². The smallest absolute Gasteiger partial charge is 0.245 e. The summed E-state index contributed by atoms with van der Waals surface area (Å²) in [5.74, 6) is -0.525. The second kappa shape index (κ2) is 12.8. The minimum absolute atomic E-state index is 0.0943. The van der Waals surface area contributed by atoms with Crippen LogP contribution in [0.3, 0.4) is 0 Å². The Kier molecular flexibility index (Phi) is 8.98. The number of amides is 2. The number of benzene rings is 2. The van der Waals surface area contributed by atoms with E-state index >= 15 is 0 Å². The lowest BCUT2D eigenvalue weighted by molar-refractivity contribution is -0.138. The summed E-state index contributed by atoms with van der Waals surface area (Å²) < 4.78 is 14.4. The summed E-state index contributed by atoms with van der Waals surface area (Å²) in [6, 6.07) is 13.2. The van der Waals surface area contributed by atoms with Gasteiger partial charge in [-0.1, -0.05) is 54.1 Å². The Labute approximate surface area is 239 Å². The van der Waals surface area contributed by atoms with Crippen molar-refractivity contribution in [2.45, 2.75) is 37.9 Å². The number of hydrogen-bond acceptors (Lipinski definition) is 4. The van der Waals surface area contributed by atoms with Crippen LogP contribution in [0.5, 0.6) is 0 Å². The average Bonchev–Trinajstić information content (AvgIpc) is 3.16. The molecule has 208 valence electrons. The first-order valence-electron chi connectivity index (χ1n) is 13.8. The minimum atomic E-state index is -0.709. The SMILES string of the molecule is CC(c1ccccc1F)N1CCN(C(=O)C(Cc2ccc(Cl)cc2)NC(=O)CC2NCC3=C=C2C=CC=C3)CC1. The summed E-state index contributed by atoms with van der Waals surface area (Å²) in [5.41, 5.74) is 6.93. The molecule has 2 heterocycles. The fraction of sp³-hybridized carbons (Fsp3) is 0.344. The molecule has 8 heteroatoms. The van der Waals surface area contributed by atoms with E-state index in [1.807, 2.05) is 60.4 Å². The molecule has 2 aliphatic heterocycles. The molecule has 1 aliphatic carbocycles. The Morgan fingerprint density at radius 2 is 1.80 bits per heavy atom. The standard InChI is InChI=1S/C32H34ClFN4O2/c1-22(27-8-4-5-9-28(27)34)37-14-16-38(17-15-37)32(40)30(19-23-10-12-26(33)13-11-23)36-31(39)20-29-25-7-3-2-6-24(18-25)21-35-29/h2-13,22,29-30,35H,14-17,19-21H2,1H3,(H,36,39). The molecule has 6 nitrogen and oxygen atoms in total. The molecule has 5 rings (SSSR count). The van der Waals surface area contributed by atoms with Gasteiger partial charge in [-0.2, -0.15) is 0 Å². The van der Waals surface area contributed by atoms with Crippen LogP contribution < -0.4 is 10.6 Å². The van der Waals surface area contributed by atoms with Crippen molar-refractivity contribution >= 4 is 23.4 Å². The first kappa shape index (κ1) is 28.1. The second-order valence-electron chi connectivity index (χ2n) is 10.5. The van der Waals surface area contributed by atoms with Crippen molar-refractivity contribution in [3.05, 3.63) is 112 Å². The van der Waals surface area contributed by atoms with E-state index in [4.69, 9.17) is 11.6 Å². The molecular formula is C32H34ClFN4O2. The van der Waals surface area contributed by atoms with Gasteiger partial charge < -0.3 is 15.5 Å². The van der Waals surface area contributed by atoms with Crippen molar-refractivity contribution in [1.29, 1.82) is 0 Å². The van der Waals surface area contributed by atoms with Gasteiger partial charge in [0.05, 0.1) is 0 Å². The minimum Gasteiger partial charge on any atom is -0.344 e. The van der Waals surface area contributed by atoms with Gasteiger partial charge in [-0.25, -0.2) is 4.39 Å². The summed E-state index contributed by atoms with van der Waals surface area (Å²) in [5, 5.41) is 7.05. The average molecular weight is 561 g/mol. The van der Waals surface area contributed by atoms with E-state index in [2.05, 4.69) is 21.3 Å². The van der Waals surface area contributed by atoms with E-state index in [1.165, 1.54) is 6.07 Å². The van der Waals surface area contributed by atoms with Gasteiger partial charge in [-0.3, -0.25) is 14.5 Å². The Hall–Kier alpha value is -3.48. The molecule has 2 N–H and O–H groups in total. The lowest BCUT2D eigenvalue weighted by Gasteiger charge is -2.39. The van der Waals surface area contributed by atoms with Gasteiger partial charge in [0.1, 0.15) is 11.9 Å². The topological polar surface area (TPSA) is 64.7 Å². The molecule has 40 heavy (non-hydrogen) atoms. The number of nitrogens with zero attached hydrogens (tertiary/aromatic N) is 2. The first-order chi connectivity index (χ1) is 19.4. The predicted octanol–water partition coefficient (Wildman–Crippen LogP) is 4.35. The number of carbonyl (C=O) groups is 2. The van der Waals surface area contributed by atoms with Crippen LogP contribution in [-0.4, -0.2) is 66.4 Å². The number of carbonyl (C=O) groups excluding carboxylic acids is 2. The first-order valence-corrected chi connectivity index (χ1v) is 14.1. The van der Waals surface area contributed by atoms with Gasteiger partial charge in [0.25, 0.3) is 0 Å². The van der Waals surface area contributed by atoms with Crippen molar-refractivity contribution < 1.29 is 14.0 Å². The summed E-state index contributed by atoms with van der Waals surface area (Å²) >= 11 is 6.07. The molecule has 2 aromatic rings. The number of allylic oxidation sites excluding steroid dienone is 2. The Balaban J connectivity index is 1.25. The molecule has 1 saturated heterocycles. The van der Waals surface area contributed by atoms with Crippen molar-refractivity contribution in [2.24, 2.45) is 0 Å². The molecular weight excluding hydrogens is 527 g/mol. The second-order valence-corrected chi connectivity index (χ2v) is 10.9. The Morgan fingerprint density at radius 1 is 1.07 bits per heavy atom. The van der Waals surface area contributed by atoms with E-state index in [0.717, 1.165) is 16.7 Å². The number of rotatable bonds is 8. The Bertz CT molecular complexity index is 1370. The number of piperazine rings is 1. The van der Waals surface area contributed by atoms with E-state index in [9.17, 15) is 14.0 Å². The zero-order valence-electron chi connectivity index (χ0n) is 22.6. The maximum Gasteiger partial charge on any atom is 0.245 e. The molecule has 0 radical (unpaired) electrons. The fourth-order valence-corrected chi connectivity index (χ4v) is 5.61.